The molecule has 12 nitrogen and oxygen atoms in total. The van der Waals surface area contributed by atoms with Gasteiger partial charge in [0.1, 0.15) is 23.2 Å². The van der Waals surface area contributed by atoms with Crippen LogP contribution in [0.4, 0.5) is 0 Å². The van der Waals surface area contributed by atoms with Crippen LogP contribution in [0.15, 0.2) is 12.2 Å². The molecule has 2 aliphatic rings. The van der Waals surface area contributed by atoms with Gasteiger partial charge in [-0.2, -0.15) is 0 Å². The Morgan fingerprint density at radius 3 is 2.11 bits per heavy atom. The van der Waals surface area contributed by atoms with Gasteiger partial charge in [-0.15, -0.1) is 0 Å². The SMILES string of the molecule is C=C1CN(C(=O)[C@@H](NC(=O)C[C@@](C)(NC(C)=O)C(=O)N[C@H](C(=O)OCC)C(C)C)C(C)C)[C@@](C)(C(=O)NC2CCCCC2)C1. The van der Waals surface area contributed by atoms with E-state index in [0.29, 0.717) is 6.42 Å². The molecule has 4 atom stereocenters. The molecule has 1 aliphatic heterocycles. The molecule has 0 spiro atoms. The van der Waals surface area contributed by atoms with Crippen molar-refractivity contribution in [3.63, 3.8) is 0 Å². The zero-order valence-corrected chi connectivity index (χ0v) is 27.8. The first-order valence-corrected chi connectivity index (χ1v) is 15.8. The van der Waals surface area contributed by atoms with Gasteiger partial charge < -0.3 is 30.9 Å². The highest BCUT2D eigenvalue weighted by molar-refractivity contribution is 5.99. The fourth-order valence-electron chi connectivity index (χ4n) is 5.98. The maximum atomic E-state index is 14.0. The van der Waals surface area contributed by atoms with Crippen molar-refractivity contribution in [1.29, 1.82) is 0 Å². The van der Waals surface area contributed by atoms with Gasteiger partial charge in [-0.25, -0.2) is 4.79 Å². The van der Waals surface area contributed by atoms with Gasteiger partial charge in [0.15, 0.2) is 0 Å². The Hall–Kier alpha value is -3.44. The van der Waals surface area contributed by atoms with Gasteiger partial charge in [0, 0.05) is 25.9 Å². The summed E-state index contributed by atoms with van der Waals surface area (Å²) in [5, 5.41) is 11.0. The lowest BCUT2D eigenvalue weighted by molar-refractivity contribution is -0.150. The van der Waals surface area contributed by atoms with Gasteiger partial charge >= 0.3 is 5.97 Å². The highest BCUT2D eigenvalue weighted by Gasteiger charge is 2.50. The van der Waals surface area contributed by atoms with E-state index < -0.39 is 59.2 Å². The monoisotopic (exact) mass is 619 g/mol. The third kappa shape index (κ3) is 9.28. The van der Waals surface area contributed by atoms with Crippen molar-refractivity contribution in [2.75, 3.05) is 13.2 Å². The van der Waals surface area contributed by atoms with Crippen LogP contribution in [-0.2, 0) is 33.5 Å². The largest absolute Gasteiger partial charge is 0.464 e. The van der Waals surface area contributed by atoms with E-state index in [1.165, 1.54) is 18.7 Å². The Kier molecular flexibility index (Phi) is 13.0. The molecule has 0 bridgehead atoms. The highest BCUT2D eigenvalue weighted by Crippen LogP contribution is 2.34. The van der Waals surface area contributed by atoms with Crippen molar-refractivity contribution >= 4 is 35.5 Å². The van der Waals surface area contributed by atoms with E-state index in [2.05, 4.69) is 27.8 Å². The average Bonchev–Trinajstić information content (AvgIpc) is 3.24. The molecular weight excluding hydrogens is 566 g/mol. The summed E-state index contributed by atoms with van der Waals surface area (Å²) in [7, 11) is 0. The minimum atomic E-state index is -1.74. The number of rotatable bonds is 13. The number of hydrogen-bond donors (Lipinski definition) is 4. The van der Waals surface area contributed by atoms with Gasteiger partial charge in [-0.05, 0) is 45.4 Å². The summed E-state index contributed by atoms with van der Waals surface area (Å²) < 4.78 is 5.08. The molecule has 2 rings (SSSR count). The number of ether oxygens (including phenoxy) is 1. The summed E-state index contributed by atoms with van der Waals surface area (Å²) in [5.74, 6) is -3.94. The lowest BCUT2D eigenvalue weighted by Gasteiger charge is -2.38. The van der Waals surface area contributed by atoms with E-state index in [1.807, 2.05) is 0 Å². The maximum Gasteiger partial charge on any atom is 0.328 e. The fourth-order valence-corrected chi connectivity index (χ4v) is 5.98. The quantitative estimate of drug-likeness (QED) is 0.181. The molecule has 1 heterocycles. The molecule has 0 aromatic heterocycles. The average molecular weight is 620 g/mol. The molecule has 0 unspecified atom stereocenters. The van der Waals surface area contributed by atoms with Crippen LogP contribution in [-0.4, -0.2) is 82.8 Å². The van der Waals surface area contributed by atoms with Crippen LogP contribution in [0, 0.1) is 11.8 Å². The number of esters is 1. The maximum absolute atomic E-state index is 14.0. The summed E-state index contributed by atoms with van der Waals surface area (Å²) in [6.45, 7) is 17.4. The fraction of sp³-hybridized carbons (Fsp3) is 0.750. The molecule has 12 heteroatoms. The first kappa shape index (κ1) is 36.8. The molecule has 44 heavy (non-hydrogen) atoms. The zero-order valence-electron chi connectivity index (χ0n) is 27.8. The van der Waals surface area contributed by atoms with Crippen LogP contribution in [0.2, 0.25) is 0 Å². The van der Waals surface area contributed by atoms with E-state index in [-0.39, 0.29) is 36.9 Å². The molecule has 0 aromatic rings. The van der Waals surface area contributed by atoms with Crippen molar-refractivity contribution in [3.8, 4) is 0 Å². The number of carbonyl (C=O) groups excluding carboxylic acids is 6. The second-order valence-electron chi connectivity index (χ2n) is 13.4. The van der Waals surface area contributed by atoms with Gasteiger partial charge in [-0.1, -0.05) is 59.1 Å². The molecule has 248 valence electrons. The van der Waals surface area contributed by atoms with Gasteiger partial charge in [0.2, 0.25) is 29.5 Å². The molecule has 4 N–H and O–H groups in total. The van der Waals surface area contributed by atoms with Crippen molar-refractivity contribution in [1.82, 2.24) is 26.2 Å². The van der Waals surface area contributed by atoms with Crippen molar-refractivity contribution in [3.05, 3.63) is 12.2 Å². The standard InChI is InChI=1S/C32H53N5O7/c1-10-44-28(41)26(20(4)5)35-29(42)31(8,36-22(7)38)17-24(39)34-25(19(2)3)27(40)37-18-21(6)16-32(37,9)30(43)33-23-14-12-11-13-15-23/h19-20,23,25-26H,6,10-18H2,1-5,7-9H3,(H,33,43)(H,34,39)(H,35,42)(H,36,38)/t25-,26-,31+,32+/m0/s1. The van der Waals surface area contributed by atoms with Crippen molar-refractivity contribution in [2.24, 2.45) is 11.8 Å². The summed E-state index contributed by atoms with van der Waals surface area (Å²) in [5.41, 5.74) is -2.16. The zero-order chi connectivity index (χ0) is 33.4. The molecule has 0 radical (unpaired) electrons. The molecule has 1 saturated heterocycles. The van der Waals surface area contributed by atoms with Gasteiger partial charge in [-0.3, -0.25) is 24.0 Å². The first-order chi connectivity index (χ1) is 20.4. The number of nitrogens with zero attached hydrogens (tertiary/aromatic N) is 1. The van der Waals surface area contributed by atoms with Crippen LogP contribution in [0.5, 0.6) is 0 Å². The van der Waals surface area contributed by atoms with E-state index in [1.54, 1.807) is 41.5 Å². The van der Waals surface area contributed by atoms with Crippen molar-refractivity contribution in [2.45, 2.75) is 130 Å². The van der Waals surface area contributed by atoms with Crippen LogP contribution in [0.3, 0.4) is 0 Å². The van der Waals surface area contributed by atoms with E-state index in [0.717, 1.165) is 37.7 Å². The van der Waals surface area contributed by atoms with Gasteiger partial charge in [0.05, 0.1) is 13.0 Å². The molecule has 0 aromatic carbocycles. The smallest absolute Gasteiger partial charge is 0.328 e. The first-order valence-electron chi connectivity index (χ1n) is 15.8. The van der Waals surface area contributed by atoms with E-state index in [9.17, 15) is 28.8 Å². The van der Waals surface area contributed by atoms with Gasteiger partial charge in [0.25, 0.3) is 0 Å². The Morgan fingerprint density at radius 2 is 1.59 bits per heavy atom. The molecular formula is C32H53N5O7. The lowest BCUT2D eigenvalue weighted by Crippen LogP contribution is -2.63. The number of hydrogen-bond acceptors (Lipinski definition) is 7. The number of nitrogens with one attached hydrogen (secondary N) is 4. The normalized spacial score (nSPS) is 21.7. The minimum absolute atomic E-state index is 0.0659. The predicted octanol–water partition coefficient (Wildman–Crippen LogP) is 2.11. The Balaban J connectivity index is 2.25. The third-order valence-electron chi connectivity index (χ3n) is 8.48. The second-order valence-corrected chi connectivity index (χ2v) is 13.4. The van der Waals surface area contributed by atoms with Crippen molar-refractivity contribution < 1.29 is 33.5 Å². The summed E-state index contributed by atoms with van der Waals surface area (Å²) in [6.07, 6.45) is 4.86. The number of likely N-dealkylation sites (tertiary alicyclic amines) is 1. The molecule has 5 amide bonds. The van der Waals surface area contributed by atoms with Crippen LogP contribution >= 0.6 is 0 Å². The number of amides is 5. The van der Waals surface area contributed by atoms with E-state index >= 15 is 0 Å². The predicted molar refractivity (Wildman–Crippen MR) is 166 cm³/mol. The Morgan fingerprint density at radius 1 is 1.00 bits per heavy atom. The van der Waals surface area contributed by atoms with Crippen LogP contribution in [0.1, 0.15) is 100 Å². The minimum Gasteiger partial charge on any atom is -0.464 e. The Labute approximate surface area is 261 Å². The number of carbonyl (C=O) groups is 6. The topological polar surface area (TPSA) is 163 Å². The lowest BCUT2D eigenvalue weighted by atomic mass is 9.91. The molecule has 1 aliphatic carbocycles. The van der Waals surface area contributed by atoms with Crippen LogP contribution < -0.4 is 21.3 Å². The summed E-state index contributed by atoms with van der Waals surface area (Å²) in [4.78, 5) is 80.5. The van der Waals surface area contributed by atoms with E-state index in [4.69, 9.17) is 4.74 Å². The summed E-state index contributed by atoms with van der Waals surface area (Å²) >= 11 is 0. The second kappa shape index (κ2) is 15.5. The third-order valence-corrected chi connectivity index (χ3v) is 8.48. The summed E-state index contributed by atoms with van der Waals surface area (Å²) in [6, 6.07) is -1.94. The Bertz CT molecular complexity index is 1120. The van der Waals surface area contributed by atoms with Crippen LogP contribution in [0.25, 0.3) is 0 Å². The molecule has 2 fully saturated rings. The highest BCUT2D eigenvalue weighted by atomic mass is 16.5. The molecule has 1 saturated carbocycles.